The lowest BCUT2D eigenvalue weighted by atomic mass is 10.2. The number of halogens is 1. The monoisotopic (exact) mass is 402 g/mol. The van der Waals surface area contributed by atoms with Gasteiger partial charge in [-0.25, -0.2) is 0 Å². The van der Waals surface area contributed by atoms with E-state index in [9.17, 15) is 14.7 Å². The molecule has 1 aromatic heterocycles. The third-order valence-electron chi connectivity index (χ3n) is 3.55. The van der Waals surface area contributed by atoms with E-state index in [1.54, 1.807) is 6.07 Å². The van der Waals surface area contributed by atoms with Gasteiger partial charge in [0.25, 0.3) is 11.8 Å². The Labute approximate surface area is 152 Å². The highest BCUT2D eigenvalue weighted by atomic mass is 79.9. The van der Waals surface area contributed by atoms with Crippen molar-refractivity contribution in [3.63, 3.8) is 0 Å². The SMILES string of the molecule is O=C(NCCNC(=O)c1cc2cccc(Br)c2o1)c1ccc(O)cc1. The summed E-state index contributed by atoms with van der Waals surface area (Å²) in [5.74, 6) is -0.308. The van der Waals surface area contributed by atoms with Crippen LogP contribution in [0.4, 0.5) is 0 Å². The summed E-state index contributed by atoms with van der Waals surface area (Å²) < 4.78 is 6.33. The number of amides is 2. The zero-order valence-electron chi connectivity index (χ0n) is 13.1. The van der Waals surface area contributed by atoms with Gasteiger partial charge in [0, 0.05) is 24.0 Å². The van der Waals surface area contributed by atoms with Gasteiger partial charge >= 0.3 is 0 Å². The summed E-state index contributed by atoms with van der Waals surface area (Å²) in [4.78, 5) is 24.0. The largest absolute Gasteiger partial charge is 0.508 e. The maximum Gasteiger partial charge on any atom is 0.287 e. The predicted molar refractivity (Wildman–Crippen MR) is 96.7 cm³/mol. The third kappa shape index (κ3) is 4.00. The Morgan fingerprint density at radius 3 is 2.36 bits per heavy atom. The van der Waals surface area contributed by atoms with Gasteiger partial charge in [-0.3, -0.25) is 9.59 Å². The maximum absolute atomic E-state index is 12.1. The molecule has 0 aliphatic rings. The Balaban J connectivity index is 1.51. The number of carbonyl (C=O) groups is 2. The van der Waals surface area contributed by atoms with Crippen LogP contribution in [0.2, 0.25) is 0 Å². The summed E-state index contributed by atoms with van der Waals surface area (Å²) in [6.45, 7) is 0.538. The van der Waals surface area contributed by atoms with Crippen molar-refractivity contribution in [2.24, 2.45) is 0 Å². The number of para-hydroxylation sites is 1. The smallest absolute Gasteiger partial charge is 0.287 e. The normalized spacial score (nSPS) is 10.6. The first-order chi connectivity index (χ1) is 12.0. The topological polar surface area (TPSA) is 91.6 Å². The number of hydrogen-bond donors (Lipinski definition) is 3. The molecule has 0 aliphatic carbocycles. The minimum Gasteiger partial charge on any atom is -0.508 e. The number of benzene rings is 2. The molecule has 2 aromatic carbocycles. The van der Waals surface area contributed by atoms with E-state index in [1.165, 1.54) is 24.3 Å². The molecule has 25 heavy (non-hydrogen) atoms. The Hall–Kier alpha value is -2.80. The van der Waals surface area contributed by atoms with E-state index in [1.807, 2.05) is 18.2 Å². The van der Waals surface area contributed by atoms with Crippen molar-refractivity contribution in [1.29, 1.82) is 0 Å². The first kappa shape index (κ1) is 17.0. The van der Waals surface area contributed by atoms with Gasteiger partial charge in [0.05, 0.1) is 4.47 Å². The quantitative estimate of drug-likeness (QED) is 0.571. The van der Waals surface area contributed by atoms with Crippen molar-refractivity contribution in [3.05, 3.63) is 64.3 Å². The molecule has 0 fully saturated rings. The van der Waals surface area contributed by atoms with Crippen LogP contribution < -0.4 is 10.6 Å². The van der Waals surface area contributed by atoms with E-state index < -0.39 is 0 Å². The fourth-order valence-corrected chi connectivity index (χ4v) is 2.76. The number of rotatable bonds is 5. The number of nitrogens with one attached hydrogen (secondary N) is 2. The summed E-state index contributed by atoms with van der Waals surface area (Å²) in [7, 11) is 0. The highest BCUT2D eigenvalue weighted by Crippen LogP contribution is 2.26. The van der Waals surface area contributed by atoms with Gasteiger partial charge in [0.2, 0.25) is 0 Å². The van der Waals surface area contributed by atoms with Crippen molar-refractivity contribution in [3.8, 4) is 5.75 Å². The van der Waals surface area contributed by atoms with E-state index in [0.717, 1.165) is 9.86 Å². The average molecular weight is 403 g/mol. The molecular formula is C18H15BrN2O4. The molecule has 0 unspecified atom stereocenters. The first-order valence-electron chi connectivity index (χ1n) is 7.58. The van der Waals surface area contributed by atoms with E-state index in [0.29, 0.717) is 11.1 Å². The lowest BCUT2D eigenvalue weighted by molar-refractivity contribution is 0.0912. The summed E-state index contributed by atoms with van der Waals surface area (Å²) in [5.41, 5.74) is 1.06. The molecule has 7 heteroatoms. The number of fused-ring (bicyclic) bond motifs is 1. The molecule has 3 aromatic rings. The average Bonchev–Trinajstić information content (AvgIpc) is 3.05. The Bertz CT molecular complexity index is 918. The first-order valence-corrected chi connectivity index (χ1v) is 8.37. The highest BCUT2D eigenvalue weighted by molar-refractivity contribution is 9.10. The Morgan fingerprint density at radius 1 is 1.00 bits per heavy atom. The van der Waals surface area contributed by atoms with Gasteiger partial charge in [0.15, 0.2) is 5.76 Å². The number of furan rings is 1. The molecule has 128 valence electrons. The van der Waals surface area contributed by atoms with Crippen LogP contribution in [0.25, 0.3) is 11.0 Å². The lowest BCUT2D eigenvalue weighted by Gasteiger charge is -2.06. The van der Waals surface area contributed by atoms with Crippen molar-refractivity contribution in [1.82, 2.24) is 10.6 Å². The molecule has 3 N–H and O–H groups in total. The maximum atomic E-state index is 12.1. The number of hydrogen-bond acceptors (Lipinski definition) is 4. The second-order valence-corrected chi connectivity index (χ2v) is 6.18. The fourth-order valence-electron chi connectivity index (χ4n) is 2.29. The molecule has 0 atom stereocenters. The fraction of sp³-hybridized carbons (Fsp3) is 0.111. The molecule has 0 aliphatic heterocycles. The van der Waals surface area contributed by atoms with Gasteiger partial charge in [-0.1, -0.05) is 12.1 Å². The van der Waals surface area contributed by atoms with Gasteiger partial charge in [-0.2, -0.15) is 0 Å². The van der Waals surface area contributed by atoms with Crippen LogP contribution in [0.5, 0.6) is 5.75 Å². The van der Waals surface area contributed by atoms with Gasteiger partial charge in [-0.15, -0.1) is 0 Å². The Kier molecular flexibility index (Phi) is 5.04. The highest BCUT2D eigenvalue weighted by Gasteiger charge is 2.13. The van der Waals surface area contributed by atoms with Crippen LogP contribution in [0, 0.1) is 0 Å². The van der Waals surface area contributed by atoms with Crippen LogP contribution in [0.1, 0.15) is 20.9 Å². The van der Waals surface area contributed by atoms with Crippen molar-refractivity contribution in [2.75, 3.05) is 13.1 Å². The summed E-state index contributed by atoms with van der Waals surface area (Å²) in [5, 5.41) is 15.4. The van der Waals surface area contributed by atoms with E-state index in [2.05, 4.69) is 26.6 Å². The number of phenolic OH excluding ortho intramolecular Hbond substituents is 1. The summed E-state index contributed by atoms with van der Waals surface area (Å²) >= 11 is 3.38. The zero-order chi connectivity index (χ0) is 17.8. The van der Waals surface area contributed by atoms with Gasteiger partial charge < -0.3 is 20.2 Å². The van der Waals surface area contributed by atoms with E-state index in [4.69, 9.17) is 4.42 Å². The van der Waals surface area contributed by atoms with Crippen molar-refractivity contribution in [2.45, 2.75) is 0 Å². The molecule has 6 nitrogen and oxygen atoms in total. The minimum atomic E-state index is -0.345. The number of carbonyl (C=O) groups excluding carboxylic acids is 2. The lowest BCUT2D eigenvalue weighted by Crippen LogP contribution is -2.34. The van der Waals surface area contributed by atoms with Gasteiger partial charge in [0.1, 0.15) is 11.3 Å². The van der Waals surface area contributed by atoms with Crippen LogP contribution in [-0.2, 0) is 0 Å². The van der Waals surface area contributed by atoms with E-state index in [-0.39, 0.29) is 36.4 Å². The summed E-state index contributed by atoms with van der Waals surface area (Å²) in [6, 6.07) is 13.2. The molecule has 0 bridgehead atoms. The molecule has 0 radical (unpaired) electrons. The predicted octanol–water partition coefficient (Wildman–Crippen LogP) is 3.06. The standard InChI is InChI=1S/C18H15BrN2O4/c19-14-3-1-2-12-10-15(25-16(12)14)18(24)21-9-8-20-17(23)11-4-6-13(22)7-5-11/h1-7,10,22H,8-9H2,(H,20,23)(H,21,24). The molecule has 1 heterocycles. The Morgan fingerprint density at radius 2 is 1.68 bits per heavy atom. The molecule has 0 saturated heterocycles. The van der Waals surface area contributed by atoms with Crippen LogP contribution in [-0.4, -0.2) is 30.0 Å². The third-order valence-corrected chi connectivity index (χ3v) is 4.17. The molecule has 0 spiro atoms. The second-order valence-electron chi connectivity index (χ2n) is 5.33. The van der Waals surface area contributed by atoms with E-state index >= 15 is 0 Å². The summed E-state index contributed by atoms with van der Waals surface area (Å²) in [6.07, 6.45) is 0. The van der Waals surface area contributed by atoms with Crippen LogP contribution in [0.3, 0.4) is 0 Å². The minimum absolute atomic E-state index is 0.0984. The number of aromatic hydroxyl groups is 1. The van der Waals surface area contributed by atoms with Gasteiger partial charge in [-0.05, 0) is 52.3 Å². The molecule has 2 amide bonds. The zero-order valence-corrected chi connectivity index (χ0v) is 14.7. The van der Waals surface area contributed by atoms with Crippen molar-refractivity contribution < 1.29 is 19.1 Å². The van der Waals surface area contributed by atoms with Crippen molar-refractivity contribution >= 4 is 38.7 Å². The van der Waals surface area contributed by atoms with Crippen LogP contribution >= 0.6 is 15.9 Å². The molecular weight excluding hydrogens is 388 g/mol. The van der Waals surface area contributed by atoms with Crippen LogP contribution in [0.15, 0.2) is 57.4 Å². The molecule has 3 rings (SSSR count). The molecule has 0 saturated carbocycles. The second kappa shape index (κ2) is 7.40. The number of phenols is 1.